The Bertz CT molecular complexity index is 1320. The summed E-state index contributed by atoms with van der Waals surface area (Å²) in [7, 11) is 0. The molecule has 0 fully saturated rings. The maximum atomic E-state index is 13.3. The van der Waals surface area contributed by atoms with Crippen LogP contribution in [0.2, 0.25) is 0 Å². The van der Waals surface area contributed by atoms with E-state index in [2.05, 4.69) is 10.5 Å². The van der Waals surface area contributed by atoms with Gasteiger partial charge in [-0.25, -0.2) is 9.82 Å². The molecular weight excluding hydrogens is 397 g/mol. The van der Waals surface area contributed by atoms with E-state index < -0.39 is 11.7 Å². The first kappa shape index (κ1) is 20.0. The minimum atomic E-state index is -0.557. The van der Waals surface area contributed by atoms with Gasteiger partial charge in [-0.15, -0.1) is 0 Å². The van der Waals surface area contributed by atoms with E-state index in [1.54, 1.807) is 35.7 Å². The Labute approximate surface area is 177 Å². The molecule has 31 heavy (non-hydrogen) atoms. The second kappa shape index (κ2) is 8.23. The van der Waals surface area contributed by atoms with Gasteiger partial charge in [0.25, 0.3) is 5.91 Å². The molecule has 2 aromatic heterocycles. The van der Waals surface area contributed by atoms with Gasteiger partial charge >= 0.3 is 0 Å². The number of para-hydroxylation sites is 1. The number of hydrogen-bond acceptors (Lipinski definition) is 4. The molecule has 4 aromatic rings. The number of amides is 1. The number of aromatic nitrogens is 1. The Morgan fingerprint density at radius 1 is 1.03 bits per heavy atom. The standard InChI is InChI=1S/C24H18FN3O3/c1-15-19(14-26-27-24(31)18-6-2-3-8-21(18)29)20-7-4-5-13-28(20)22(15)23(30)16-9-11-17(25)12-10-16/h2-14,29H,1H3,(H,27,31). The number of halogens is 1. The van der Waals surface area contributed by atoms with E-state index in [1.807, 2.05) is 12.1 Å². The van der Waals surface area contributed by atoms with Crippen molar-refractivity contribution in [2.75, 3.05) is 0 Å². The molecule has 0 spiro atoms. The van der Waals surface area contributed by atoms with Crippen molar-refractivity contribution < 1.29 is 19.1 Å². The zero-order valence-corrected chi connectivity index (χ0v) is 16.5. The van der Waals surface area contributed by atoms with Crippen molar-refractivity contribution in [3.8, 4) is 5.75 Å². The van der Waals surface area contributed by atoms with E-state index in [0.717, 1.165) is 5.52 Å². The summed E-state index contributed by atoms with van der Waals surface area (Å²) in [4.78, 5) is 25.4. The van der Waals surface area contributed by atoms with Crippen LogP contribution >= 0.6 is 0 Å². The highest BCUT2D eigenvalue weighted by Gasteiger charge is 2.21. The van der Waals surface area contributed by atoms with E-state index in [-0.39, 0.29) is 17.1 Å². The van der Waals surface area contributed by atoms with Crippen LogP contribution in [0.5, 0.6) is 5.75 Å². The lowest BCUT2D eigenvalue weighted by Crippen LogP contribution is -2.17. The quantitative estimate of drug-likeness (QED) is 0.293. The SMILES string of the molecule is Cc1c(C=NNC(=O)c2ccccc2O)c2ccccn2c1C(=O)c1ccc(F)cc1. The van der Waals surface area contributed by atoms with Gasteiger partial charge in [0, 0.05) is 17.3 Å². The van der Waals surface area contributed by atoms with E-state index in [9.17, 15) is 19.1 Å². The van der Waals surface area contributed by atoms with Crippen molar-refractivity contribution in [2.24, 2.45) is 5.10 Å². The van der Waals surface area contributed by atoms with Gasteiger partial charge in [-0.2, -0.15) is 5.10 Å². The molecule has 4 rings (SSSR count). The molecule has 0 saturated heterocycles. The molecule has 154 valence electrons. The third kappa shape index (κ3) is 3.81. The monoisotopic (exact) mass is 415 g/mol. The number of hydrazone groups is 1. The maximum Gasteiger partial charge on any atom is 0.275 e. The number of fused-ring (bicyclic) bond motifs is 1. The van der Waals surface area contributed by atoms with Crippen LogP contribution < -0.4 is 5.43 Å². The molecule has 0 bridgehead atoms. The molecule has 0 aliphatic rings. The first-order valence-corrected chi connectivity index (χ1v) is 9.48. The number of benzene rings is 2. The van der Waals surface area contributed by atoms with E-state index in [1.165, 1.54) is 42.6 Å². The Morgan fingerprint density at radius 3 is 2.48 bits per heavy atom. The largest absolute Gasteiger partial charge is 0.507 e. The van der Waals surface area contributed by atoms with Crippen molar-refractivity contribution in [1.29, 1.82) is 0 Å². The lowest BCUT2D eigenvalue weighted by molar-refractivity contribution is 0.0951. The maximum absolute atomic E-state index is 13.3. The zero-order valence-electron chi connectivity index (χ0n) is 16.5. The van der Waals surface area contributed by atoms with Crippen LogP contribution in [0, 0.1) is 12.7 Å². The van der Waals surface area contributed by atoms with Crippen LogP contribution in [-0.2, 0) is 0 Å². The molecule has 0 aliphatic carbocycles. The molecule has 2 aromatic carbocycles. The Hall–Kier alpha value is -4.26. The molecule has 2 N–H and O–H groups in total. The highest BCUT2D eigenvalue weighted by molar-refractivity contribution is 6.12. The molecular formula is C24H18FN3O3. The number of phenolic OH excluding ortho intramolecular Hbond substituents is 1. The van der Waals surface area contributed by atoms with Gasteiger partial charge < -0.3 is 9.51 Å². The number of ketones is 1. The Morgan fingerprint density at radius 2 is 1.74 bits per heavy atom. The summed E-state index contributed by atoms with van der Waals surface area (Å²) in [6.45, 7) is 1.79. The number of nitrogens with one attached hydrogen (secondary N) is 1. The molecule has 0 saturated carbocycles. The lowest BCUT2D eigenvalue weighted by Gasteiger charge is -2.04. The number of rotatable bonds is 5. The Balaban J connectivity index is 1.69. The number of aromatic hydroxyl groups is 1. The first-order valence-electron chi connectivity index (χ1n) is 9.48. The minimum Gasteiger partial charge on any atom is -0.507 e. The predicted molar refractivity (Wildman–Crippen MR) is 115 cm³/mol. The van der Waals surface area contributed by atoms with Gasteiger partial charge in [0.2, 0.25) is 5.78 Å². The van der Waals surface area contributed by atoms with Gasteiger partial charge in [0.05, 0.1) is 23.0 Å². The van der Waals surface area contributed by atoms with Crippen molar-refractivity contribution in [3.05, 3.63) is 107 Å². The lowest BCUT2D eigenvalue weighted by atomic mass is 10.0. The zero-order chi connectivity index (χ0) is 22.0. The highest BCUT2D eigenvalue weighted by atomic mass is 19.1. The fourth-order valence-corrected chi connectivity index (χ4v) is 3.42. The summed E-state index contributed by atoms with van der Waals surface area (Å²) < 4.78 is 15.0. The smallest absolute Gasteiger partial charge is 0.275 e. The van der Waals surface area contributed by atoms with Crippen LogP contribution in [0.1, 0.15) is 37.5 Å². The van der Waals surface area contributed by atoms with Gasteiger partial charge in [-0.3, -0.25) is 9.59 Å². The summed E-state index contributed by atoms with van der Waals surface area (Å²) >= 11 is 0. The van der Waals surface area contributed by atoms with Crippen LogP contribution in [0.15, 0.2) is 78.0 Å². The molecule has 2 heterocycles. The highest BCUT2D eigenvalue weighted by Crippen LogP contribution is 2.24. The van der Waals surface area contributed by atoms with Crippen molar-refractivity contribution >= 4 is 23.4 Å². The summed E-state index contributed by atoms with van der Waals surface area (Å²) in [6, 6.07) is 17.0. The van der Waals surface area contributed by atoms with Crippen molar-refractivity contribution in [2.45, 2.75) is 6.92 Å². The predicted octanol–water partition coefficient (Wildman–Crippen LogP) is 4.09. The summed E-state index contributed by atoms with van der Waals surface area (Å²) in [6.07, 6.45) is 3.22. The number of pyridine rings is 1. The molecule has 0 aliphatic heterocycles. The second-order valence-corrected chi connectivity index (χ2v) is 6.90. The van der Waals surface area contributed by atoms with Crippen molar-refractivity contribution in [1.82, 2.24) is 9.83 Å². The molecule has 1 amide bonds. The number of hydrogen-bond donors (Lipinski definition) is 2. The number of carbonyl (C=O) groups excluding carboxylic acids is 2. The van der Waals surface area contributed by atoms with Crippen molar-refractivity contribution in [3.63, 3.8) is 0 Å². The summed E-state index contributed by atoms with van der Waals surface area (Å²) in [5.41, 5.74) is 5.34. The van der Waals surface area contributed by atoms with Crippen LogP contribution in [0.4, 0.5) is 4.39 Å². The molecule has 0 atom stereocenters. The van der Waals surface area contributed by atoms with Gasteiger partial charge in [0.15, 0.2) is 0 Å². The average Bonchev–Trinajstić information content (AvgIpc) is 3.05. The van der Waals surface area contributed by atoms with E-state index in [0.29, 0.717) is 22.4 Å². The van der Waals surface area contributed by atoms with Crippen LogP contribution in [0.25, 0.3) is 5.52 Å². The number of nitrogens with zero attached hydrogens (tertiary/aromatic N) is 2. The fourth-order valence-electron chi connectivity index (χ4n) is 3.42. The van der Waals surface area contributed by atoms with Crippen LogP contribution in [-0.4, -0.2) is 27.4 Å². The number of carbonyl (C=O) groups is 2. The summed E-state index contributed by atoms with van der Waals surface area (Å²) in [5.74, 6) is -1.37. The number of phenols is 1. The molecule has 7 heteroatoms. The molecule has 6 nitrogen and oxygen atoms in total. The topological polar surface area (TPSA) is 83.2 Å². The summed E-state index contributed by atoms with van der Waals surface area (Å²) in [5, 5.41) is 13.8. The molecule has 0 radical (unpaired) electrons. The minimum absolute atomic E-state index is 0.102. The molecule has 0 unspecified atom stereocenters. The third-order valence-corrected chi connectivity index (χ3v) is 4.97. The first-order chi connectivity index (χ1) is 15.0. The van der Waals surface area contributed by atoms with E-state index in [4.69, 9.17) is 0 Å². The van der Waals surface area contributed by atoms with Gasteiger partial charge in [-0.1, -0.05) is 18.2 Å². The van der Waals surface area contributed by atoms with Gasteiger partial charge in [0.1, 0.15) is 11.6 Å². The normalized spacial score (nSPS) is 11.2. The van der Waals surface area contributed by atoms with Crippen LogP contribution in [0.3, 0.4) is 0 Å². The second-order valence-electron chi connectivity index (χ2n) is 6.90. The third-order valence-electron chi connectivity index (χ3n) is 4.97. The fraction of sp³-hybridized carbons (Fsp3) is 0.0417. The van der Waals surface area contributed by atoms with Gasteiger partial charge in [-0.05, 0) is 61.0 Å². The van der Waals surface area contributed by atoms with E-state index >= 15 is 0 Å². The Kier molecular flexibility index (Phi) is 5.32. The average molecular weight is 415 g/mol.